The summed E-state index contributed by atoms with van der Waals surface area (Å²) in [4.78, 5) is 11.7. The molecular weight excluding hydrogens is 222 g/mol. The Balaban J connectivity index is 2.50. The lowest BCUT2D eigenvalue weighted by molar-refractivity contribution is -0.118. The van der Waals surface area contributed by atoms with Gasteiger partial charge >= 0.3 is 0 Å². The molecule has 0 fully saturated rings. The SMILES string of the molecule is CC(C)(N)CCC(=O)Cc1ccccc1Cl. The third kappa shape index (κ3) is 4.77. The molecule has 3 heteroatoms. The van der Waals surface area contributed by atoms with Crippen molar-refractivity contribution < 1.29 is 4.79 Å². The van der Waals surface area contributed by atoms with Crippen LogP contribution in [0.5, 0.6) is 0 Å². The molecule has 0 amide bonds. The molecule has 0 heterocycles. The Morgan fingerprint density at radius 3 is 2.56 bits per heavy atom. The van der Waals surface area contributed by atoms with Gasteiger partial charge in [0.2, 0.25) is 0 Å². The Labute approximate surface area is 102 Å². The van der Waals surface area contributed by atoms with Gasteiger partial charge in [-0.3, -0.25) is 4.79 Å². The van der Waals surface area contributed by atoms with E-state index < -0.39 is 0 Å². The van der Waals surface area contributed by atoms with E-state index in [4.69, 9.17) is 17.3 Å². The summed E-state index contributed by atoms with van der Waals surface area (Å²) < 4.78 is 0. The van der Waals surface area contributed by atoms with E-state index in [0.717, 1.165) is 5.56 Å². The van der Waals surface area contributed by atoms with Crippen molar-refractivity contribution in [1.29, 1.82) is 0 Å². The number of benzene rings is 1. The van der Waals surface area contributed by atoms with Crippen molar-refractivity contribution in [2.45, 2.75) is 38.6 Å². The summed E-state index contributed by atoms with van der Waals surface area (Å²) in [6.07, 6.45) is 1.61. The Morgan fingerprint density at radius 2 is 2.00 bits per heavy atom. The molecule has 2 N–H and O–H groups in total. The topological polar surface area (TPSA) is 43.1 Å². The smallest absolute Gasteiger partial charge is 0.137 e. The molecule has 0 atom stereocenters. The van der Waals surface area contributed by atoms with Crippen molar-refractivity contribution in [3.05, 3.63) is 34.9 Å². The highest BCUT2D eigenvalue weighted by Crippen LogP contribution is 2.17. The van der Waals surface area contributed by atoms with Crippen molar-refractivity contribution >= 4 is 17.4 Å². The van der Waals surface area contributed by atoms with Crippen LogP contribution in [0.2, 0.25) is 5.02 Å². The van der Waals surface area contributed by atoms with Crippen LogP contribution < -0.4 is 5.73 Å². The highest BCUT2D eigenvalue weighted by Gasteiger charge is 2.14. The summed E-state index contributed by atoms with van der Waals surface area (Å²) >= 11 is 5.98. The molecule has 16 heavy (non-hydrogen) atoms. The van der Waals surface area contributed by atoms with Crippen LogP contribution in [-0.2, 0) is 11.2 Å². The minimum atomic E-state index is -0.282. The average molecular weight is 240 g/mol. The predicted octanol–water partition coefficient (Wildman–Crippen LogP) is 2.97. The van der Waals surface area contributed by atoms with Gasteiger partial charge in [-0.05, 0) is 31.9 Å². The molecule has 0 saturated heterocycles. The molecule has 0 aliphatic heterocycles. The molecule has 0 spiro atoms. The number of hydrogen-bond donors (Lipinski definition) is 1. The van der Waals surface area contributed by atoms with E-state index in [1.54, 1.807) is 6.07 Å². The second-order valence-electron chi connectivity index (χ2n) is 4.80. The largest absolute Gasteiger partial charge is 0.326 e. The number of nitrogens with two attached hydrogens (primary N) is 1. The molecule has 0 bridgehead atoms. The molecule has 1 aromatic carbocycles. The van der Waals surface area contributed by atoms with Crippen LogP contribution in [0.25, 0.3) is 0 Å². The Hall–Kier alpha value is -0.860. The first kappa shape index (κ1) is 13.2. The van der Waals surface area contributed by atoms with Gasteiger partial charge in [0.15, 0.2) is 0 Å². The average Bonchev–Trinajstić information content (AvgIpc) is 2.18. The highest BCUT2D eigenvalue weighted by molar-refractivity contribution is 6.31. The van der Waals surface area contributed by atoms with Crippen LogP contribution in [0.4, 0.5) is 0 Å². The molecule has 88 valence electrons. The molecule has 0 unspecified atom stereocenters. The molecule has 0 saturated carbocycles. The van der Waals surface area contributed by atoms with Crippen molar-refractivity contribution in [2.75, 3.05) is 0 Å². The lowest BCUT2D eigenvalue weighted by atomic mass is 9.96. The van der Waals surface area contributed by atoms with Gasteiger partial charge in [0.05, 0.1) is 0 Å². The normalized spacial score (nSPS) is 11.5. The molecule has 0 aliphatic carbocycles. The van der Waals surface area contributed by atoms with E-state index in [2.05, 4.69) is 0 Å². The minimum Gasteiger partial charge on any atom is -0.326 e. The number of halogens is 1. The summed E-state index contributed by atoms with van der Waals surface area (Å²) in [5.41, 5.74) is 6.44. The molecule has 2 nitrogen and oxygen atoms in total. The van der Waals surface area contributed by atoms with Gasteiger partial charge in [0, 0.05) is 23.4 Å². The third-order valence-corrected chi connectivity index (χ3v) is 2.76. The number of carbonyl (C=O) groups is 1. The first-order chi connectivity index (χ1) is 7.38. The van der Waals surface area contributed by atoms with Crippen LogP contribution in [0.15, 0.2) is 24.3 Å². The first-order valence-corrected chi connectivity index (χ1v) is 5.80. The van der Waals surface area contributed by atoms with E-state index in [-0.39, 0.29) is 11.3 Å². The van der Waals surface area contributed by atoms with E-state index in [0.29, 0.717) is 24.3 Å². The number of rotatable bonds is 5. The van der Waals surface area contributed by atoms with E-state index in [1.807, 2.05) is 32.0 Å². The molecule has 0 aromatic heterocycles. The van der Waals surface area contributed by atoms with Crippen molar-refractivity contribution in [3.8, 4) is 0 Å². The number of Topliss-reactive ketones (excluding diaryl/α,β-unsaturated/α-hetero) is 1. The number of ketones is 1. The zero-order valence-electron chi connectivity index (χ0n) is 9.79. The molecule has 0 aliphatic rings. The van der Waals surface area contributed by atoms with Gasteiger partial charge < -0.3 is 5.73 Å². The van der Waals surface area contributed by atoms with Crippen LogP contribution in [0.1, 0.15) is 32.3 Å². The Morgan fingerprint density at radius 1 is 1.38 bits per heavy atom. The van der Waals surface area contributed by atoms with Gasteiger partial charge in [-0.1, -0.05) is 29.8 Å². The quantitative estimate of drug-likeness (QED) is 0.859. The van der Waals surface area contributed by atoms with Gasteiger partial charge in [-0.25, -0.2) is 0 Å². The summed E-state index contributed by atoms with van der Waals surface area (Å²) in [5.74, 6) is 0.187. The zero-order chi connectivity index (χ0) is 12.2. The first-order valence-electron chi connectivity index (χ1n) is 5.42. The Kier molecular flexibility index (Phi) is 4.51. The number of carbonyl (C=O) groups excluding carboxylic acids is 1. The second kappa shape index (κ2) is 5.46. The van der Waals surface area contributed by atoms with E-state index in [9.17, 15) is 4.79 Å². The lowest BCUT2D eigenvalue weighted by Crippen LogP contribution is -2.32. The van der Waals surface area contributed by atoms with E-state index >= 15 is 0 Å². The Bertz CT molecular complexity index is 368. The maximum absolute atomic E-state index is 11.7. The van der Waals surface area contributed by atoms with Gasteiger partial charge in [0.25, 0.3) is 0 Å². The van der Waals surface area contributed by atoms with Gasteiger partial charge in [0.1, 0.15) is 5.78 Å². The van der Waals surface area contributed by atoms with Crippen LogP contribution >= 0.6 is 11.6 Å². The van der Waals surface area contributed by atoms with E-state index in [1.165, 1.54) is 0 Å². The highest BCUT2D eigenvalue weighted by atomic mass is 35.5. The van der Waals surface area contributed by atoms with Gasteiger partial charge in [-0.15, -0.1) is 0 Å². The van der Waals surface area contributed by atoms with Gasteiger partial charge in [-0.2, -0.15) is 0 Å². The van der Waals surface area contributed by atoms with Crippen LogP contribution in [-0.4, -0.2) is 11.3 Å². The van der Waals surface area contributed by atoms with Crippen LogP contribution in [0.3, 0.4) is 0 Å². The molecular formula is C13H18ClNO. The summed E-state index contributed by atoms with van der Waals surface area (Å²) in [5, 5.41) is 0.655. The van der Waals surface area contributed by atoms with Crippen molar-refractivity contribution in [2.24, 2.45) is 5.73 Å². The minimum absolute atomic E-state index is 0.187. The molecule has 0 radical (unpaired) electrons. The monoisotopic (exact) mass is 239 g/mol. The third-order valence-electron chi connectivity index (χ3n) is 2.39. The standard InChI is InChI=1S/C13H18ClNO/c1-13(2,15)8-7-11(16)9-10-5-3-4-6-12(10)14/h3-6H,7-9,15H2,1-2H3. The molecule has 1 rings (SSSR count). The second-order valence-corrected chi connectivity index (χ2v) is 5.20. The summed E-state index contributed by atoms with van der Waals surface area (Å²) in [6, 6.07) is 7.44. The molecule has 1 aromatic rings. The fourth-order valence-corrected chi connectivity index (χ4v) is 1.61. The summed E-state index contributed by atoms with van der Waals surface area (Å²) in [6.45, 7) is 3.85. The van der Waals surface area contributed by atoms with Crippen LogP contribution in [0, 0.1) is 0 Å². The van der Waals surface area contributed by atoms with Crippen molar-refractivity contribution in [3.63, 3.8) is 0 Å². The fourth-order valence-electron chi connectivity index (χ4n) is 1.40. The maximum atomic E-state index is 11.7. The predicted molar refractivity (Wildman–Crippen MR) is 67.7 cm³/mol. The fraction of sp³-hybridized carbons (Fsp3) is 0.462. The maximum Gasteiger partial charge on any atom is 0.137 e. The number of hydrogen-bond acceptors (Lipinski definition) is 2. The van der Waals surface area contributed by atoms with Crippen molar-refractivity contribution in [1.82, 2.24) is 0 Å². The summed E-state index contributed by atoms with van der Waals surface area (Å²) in [7, 11) is 0. The zero-order valence-corrected chi connectivity index (χ0v) is 10.6. The lowest BCUT2D eigenvalue weighted by Gasteiger charge is -2.17.